The zero-order chi connectivity index (χ0) is 19.9. The number of benzene rings is 1. The molecule has 28 heavy (non-hydrogen) atoms. The van der Waals surface area contributed by atoms with Crippen molar-refractivity contribution in [1.29, 1.82) is 0 Å². The predicted molar refractivity (Wildman–Crippen MR) is 119 cm³/mol. The highest BCUT2D eigenvalue weighted by Gasteiger charge is 2.23. The van der Waals surface area contributed by atoms with E-state index in [0.29, 0.717) is 17.8 Å². The van der Waals surface area contributed by atoms with E-state index in [1.807, 2.05) is 0 Å². The van der Waals surface area contributed by atoms with E-state index in [-0.39, 0.29) is 0 Å². The second-order valence-electron chi connectivity index (χ2n) is 8.62. The molecular formula is C26H42O2. The molecule has 2 saturated carbocycles. The van der Waals surface area contributed by atoms with E-state index >= 15 is 0 Å². The third-order valence-electron chi connectivity index (χ3n) is 6.23. The second-order valence-corrected chi connectivity index (χ2v) is 8.62. The van der Waals surface area contributed by atoms with E-state index in [1.54, 1.807) is 0 Å². The molecule has 0 radical (unpaired) electrons. The van der Waals surface area contributed by atoms with Gasteiger partial charge in [-0.15, -0.1) is 0 Å². The summed E-state index contributed by atoms with van der Waals surface area (Å²) in [5.74, 6) is 0.983. The number of rotatable bonds is 10. The molecule has 0 amide bonds. The molecule has 1 aromatic rings. The molecule has 0 N–H and O–H groups in total. The third kappa shape index (κ3) is 9.87. The topological polar surface area (TPSA) is 26.3 Å². The van der Waals surface area contributed by atoms with Gasteiger partial charge < -0.3 is 4.74 Å². The van der Waals surface area contributed by atoms with Crippen LogP contribution >= 0.6 is 0 Å². The minimum absolute atomic E-state index is 0.446. The highest BCUT2D eigenvalue weighted by Crippen LogP contribution is 2.26. The van der Waals surface area contributed by atoms with E-state index in [2.05, 4.69) is 37.3 Å². The first-order valence-corrected chi connectivity index (χ1v) is 12.0. The van der Waals surface area contributed by atoms with Crippen LogP contribution in [0.3, 0.4) is 0 Å². The van der Waals surface area contributed by atoms with Crippen molar-refractivity contribution >= 4 is 5.78 Å². The first-order valence-electron chi connectivity index (χ1n) is 12.0. The van der Waals surface area contributed by atoms with E-state index in [4.69, 9.17) is 4.74 Å². The van der Waals surface area contributed by atoms with Crippen molar-refractivity contribution in [3.8, 4) is 0 Å². The number of carbonyl (C=O) groups is 1. The molecule has 3 rings (SSSR count). The van der Waals surface area contributed by atoms with Crippen LogP contribution in [-0.2, 0) is 16.0 Å². The van der Waals surface area contributed by atoms with Gasteiger partial charge in [0, 0.05) is 12.3 Å². The Labute approximate surface area is 173 Å². The lowest BCUT2D eigenvalue weighted by Gasteiger charge is -2.21. The summed E-state index contributed by atoms with van der Waals surface area (Å²) in [5.41, 5.74) is 1.38. The van der Waals surface area contributed by atoms with Gasteiger partial charge in [-0.05, 0) is 44.1 Å². The molecule has 0 aliphatic heterocycles. The van der Waals surface area contributed by atoms with Crippen LogP contribution in [0.25, 0.3) is 0 Å². The van der Waals surface area contributed by atoms with Crippen LogP contribution in [0.2, 0.25) is 0 Å². The van der Waals surface area contributed by atoms with Crippen molar-refractivity contribution in [1.82, 2.24) is 0 Å². The predicted octanol–water partition coefficient (Wildman–Crippen LogP) is 7.29. The van der Waals surface area contributed by atoms with Crippen LogP contribution in [0.5, 0.6) is 0 Å². The minimum atomic E-state index is 0.446. The van der Waals surface area contributed by atoms with Crippen LogP contribution in [0.15, 0.2) is 30.3 Å². The molecule has 0 heterocycles. The standard InChI is InChI=1S/C14H20O.C12H22O/c1-3-7-13(8-4-1)11-12-15-14-9-5-2-6-10-14;1-2-3-4-5-6-8-11-9-7-10-12(11)13/h1,3-4,7-8,14H,2,5-6,9-12H2;11H,2-10H2,1H3. The summed E-state index contributed by atoms with van der Waals surface area (Å²) in [4.78, 5) is 11.3. The molecule has 0 saturated heterocycles. The van der Waals surface area contributed by atoms with Crippen LogP contribution in [0.4, 0.5) is 0 Å². The summed E-state index contributed by atoms with van der Waals surface area (Å²) in [7, 11) is 0. The molecule has 2 aliphatic rings. The molecule has 2 heteroatoms. The Kier molecular flexibility index (Phi) is 12.2. The SMILES string of the molecule is CCCCCCCC1CCCC1=O.c1ccc(CCOC2CCCCC2)cc1. The van der Waals surface area contributed by atoms with Crippen molar-refractivity contribution in [3.05, 3.63) is 35.9 Å². The lowest BCUT2D eigenvalue weighted by atomic mass is 9.98. The van der Waals surface area contributed by atoms with E-state index in [0.717, 1.165) is 25.9 Å². The fourth-order valence-electron chi connectivity index (χ4n) is 4.41. The van der Waals surface area contributed by atoms with Gasteiger partial charge in [0.15, 0.2) is 0 Å². The molecule has 2 nitrogen and oxygen atoms in total. The molecule has 0 bridgehead atoms. The number of ketones is 1. The Hall–Kier alpha value is -1.15. The van der Waals surface area contributed by atoms with Gasteiger partial charge in [-0.3, -0.25) is 4.79 Å². The highest BCUT2D eigenvalue weighted by molar-refractivity contribution is 5.82. The van der Waals surface area contributed by atoms with E-state index in [1.165, 1.54) is 82.6 Å². The quantitative estimate of drug-likeness (QED) is 0.394. The maximum Gasteiger partial charge on any atom is 0.135 e. The monoisotopic (exact) mass is 386 g/mol. The van der Waals surface area contributed by atoms with Crippen molar-refractivity contribution in [2.45, 2.75) is 109 Å². The molecule has 158 valence electrons. The normalized spacial score (nSPS) is 20.0. The summed E-state index contributed by atoms with van der Waals surface area (Å²) in [6, 6.07) is 10.6. The lowest BCUT2D eigenvalue weighted by molar-refractivity contribution is -0.120. The van der Waals surface area contributed by atoms with Crippen molar-refractivity contribution in [2.75, 3.05) is 6.61 Å². The maximum absolute atomic E-state index is 11.3. The first kappa shape index (κ1) is 23.1. The number of hydrogen-bond donors (Lipinski definition) is 0. The van der Waals surface area contributed by atoms with Crippen molar-refractivity contribution in [2.24, 2.45) is 5.92 Å². The summed E-state index contributed by atoms with van der Waals surface area (Å²) in [6.07, 6.45) is 19.2. The Morgan fingerprint density at radius 2 is 1.64 bits per heavy atom. The summed E-state index contributed by atoms with van der Waals surface area (Å²) < 4.78 is 5.89. The molecule has 0 aromatic heterocycles. The maximum atomic E-state index is 11.3. The van der Waals surface area contributed by atoms with Gasteiger partial charge in [0.2, 0.25) is 0 Å². The molecule has 2 fully saturated rings. The molecular weight excluding hydrogens is 344 g/mol. The molecule has 2 aliphatic carbocycles. The fourth-order valence-corrected chi connectivity index (χ4v) is 4.41. The van der Waals surface area contributed by atoms with Gasteiger partial charge >= 0.3 is 0 Å². The average Bonchev–Trinajstić information content (AvgIpc) is 3.15. The van der Waals surface area contributed by atoms with Crippen LogP contribution in [-0.4, -0.2) is 18.5 Å². The Morgan fingerprint density at radius 3 is 2.32 bits per heavy atom. The number of hydrogen-bond acceptors (Lipinski definition) is 2. The van der Waals surface area contributed by atoms with Crippen molar-refractivity contribution < 1.29 is 9.53 Å². The number of carbonyl (C=O) groups excluding carboxylic acids is 1. The molecule has 1 unspecified atom stereocenters. The van der Waals surface area contributed by atoms with Crippen LogP contribution in [0.1, 0.15) is 102 Å². The summed E-state index contributed by atoms with van der Waals surface area (Å²) in [6.45, 7) is 3.12. The van der Waals surface area contributed by atoms with Crippen LogP contribution in [0, 0.1) is 5.92 Å². The fraction of sp³-hybridized carbons (Fsp3) is 0.731. The first-order chi connectivity index (χ1) is 13.8. The van der Waals surface area contributed by atoms with Crippen molar-refractivity contribution in [3.63, 3.8) is 0 Å². The van der Waals surface area contributed by atoms with Gasteiger partial charge in [0.05, 0.1) is 12.7 Å². The highest BCUT2D eigenvalue weighted by atomic mass is 16.5. The average molecular weight is 387 g/mol. The Bertz CT molecular complexity index is 504. The Morgan fingerprint density at radius 1 is 0.893 bits per heavy atom. The van der Waals surface area contributed by atoms with Gasteiger partial charge in [-0.25, -0.2) is 0 Å². The van der Waals surface area contributed by atoms with E-state index < -0.39 is 0 Å². The Balaban J connectivity index is 0.000000203. The van der Waals surface area contributed by atoms with Gasteiger partial charge in [0.25, 0.3) is 0 Å². The van der Waals surface area contributed by atoms with E-state index in [9.17, 15) is 4.79 Å². The summed E-state index contributed by atoms with van der Waals surface area (Å²) in [5, 5.41) is 0. The minimum Gasteiger partial charge on any atom is -0.378 e. The lowest BCUT2D eigenvalue weighted by Crippen LogP contribution is -2.17. The molecule has 0 spiro atoms. The largest absolute Gasteiger partial charge is 0.378 e. The number of unbranched alkanes of at least 4 members (excludes halogenated alkanes) is 4. The molecule has 1 atom stereocenters. The second kappa shape index (κ2) is 14.8. The number of Topliss-reactive ketones (excluding diaryl/α,β-unsaturated/α-hetero) is 1. The summed E-state index contributed by atoms with van der Waals surface area (Å²) >= 11 is 0. The molecule has 1 aromatic carbocycles. The third-order valence-corrected chi connectivity index (χ3v) is 6.23. The zero-order valence-electron chi connectivity index (χ0n) is 18.2. The van der Waals surface area contributed by atoms with Gasteiger partial charge in [-0.1, -0.05) is 88.6 Å². The number of ether oxygens (including phenoxy) is 1. The smallest absolute Gasteiger partial charge is 0.135 e. The van der Waals surface area contributed by atoms with Crippen LogP contribution < -0.4 is 0 Å². The zero-order valence-corrected chi connectivity index (χ0v) is 18.2. The van der Waals surface area contributed by atoms with Gasteiger partial charge in [0.1, 0.15) is 5.78 Å². The van der Waals surface area contributed by atoms with Gasteiger partial charge in [-0.2, -0.15) is 0 Å².